The van der Waals surface area contributed by atoms with Crippen molar-refractivity contribution in [3.63, 3.8) is 0 Å². The Bertz CT molecular complexity index is 443. The summed E-state index contributed by atoms with van der Waals surface area (Å²) in [6, 6.07) is 4.13. The van der Waals surface area contributed by atoms with Gasteiger partial charge in [-0.3, -0.25) is 0 Å². The quantitative estimate of drug-likeness (QED) is 0.913. The maximum Gasteiger partial charge on any atom is 0.175 e. The summed E-state index contributed by atoms with van der Waals surface area (Å²) in [6.45, 7) is 2.14. The van der Waals surface area contributed by atoms with Gasteiger partial charge in [-0.2, -0.15) is 0 Å². The molecule has 0 atom stereocenters. The van der Waals surface area contributed by atoms with Gasteiger partial charge in [0, 0.05) is 18.4 Å². The molecule has 3 rings (SSSR count). The zero-order chi connectivity index (χ0) is 11.9. The minimum atomic E-state index is 0.170. The molecule has 2 aliphatic rings. The molecular formula is C13H16BrNO2. The summed E-state index contributed by atoms with van der Waals surface area (Å²) < 4.78 is 12.5. The molecule has 0 aromatic heterocycles. The molecule has 0 amide bonds. The first-order valence-corrected chi connectivity index (χ1v) is 6.85. The third-order valence-electron chi connectivity index (χ3n) is 3.67. The van der Waals surface area contributed by atoms with Crippen LogP contribution in [0.15, 0.2) is 16.6 Å². The molecule has 17 heavy (non-hydrogen) atoms. The second-order valence-corrected chi connectivity index (χ2v) is 5.58. The van der Waals surface area contributed by atoms with Crippen LogP contribution in [0.3, 0.4) is 0 Å². The van der Waals surface area contributed by atoms with Crippen LogP contribution in [0.4, 0.5) is 0 Å². The molecule has 92 valence electrons. The molecule has 1 aromatic rings. The first-order valence-electron chi connectivity index (χ1n) is 6.05. The molecule has 2 N–H and O–H groups in total. The SMILES string of the molecule is NCC1(c2ccc3c(c2Br)OCCCO3)CC1. The fraction of sp³-hybridized carbons (Fsp3) is 0.538. The van der Waals surface area contributed by atoms with Crippen LogP contribution < -0.4 is 15.2 Å². The Hall–Kier alpha value is -0.740. The fourth-order valence-electron chi connectivity index (χ4n) is 2.35. The average Bonchev–Trinajstić information content (AvgIpc) is 3.13. The van der Waals surface area contributed by atoms with Crippen molar-refractivity contribution >= 4 is 15.9 Å². The molecule has 3 nitrogen and oxygen atoms in total. The van der Waals surface area contributed by atoms with Gasteiger partial charge in [0.1, 0.15) is 0 Å². The summed E-state index contributed by atoms with van der Waals surface area (Å²) >= 11 is 3.66. The maximum absolute atomic E-state index is 5.88. The molecule has 0 radical (unpaired) electrons. The Kier molecular flexibility index (Phi) is 2.79. The molecule has 1 saturated carbocycles. The lowest BCUT2D eigenvalue weighted by molar-refractivity contribution is 0.296. The predicted octanol–water partition coefficient (Wildman–Crippen LogP) is 2.60. The van der Waals surface area contributed by atoms with Crippen LogP contribution in [0.25, 0.3) is 0 Å². The smallest absolute Gasteiger partial charge is 0.175 e. The van der Waals surface area contributed by atoms with E-state index in [2.05, 4.69) is 22.0 Å². The van der Waals surface area contributed by atoms with Crippen molar-refractivity contribution in [2.45, 2.75) is 24.7 Å². The molecule has 1 aliphatic heterocycles. The molecule has 1 aromatic carbocycles. The summed E-state index contributed by atoms with van der Waals surface area (Å²) in [5.74, 6) is 1.69. The monoisotopic (exact) mass is 297 g/mol. The highest BCUT2D eigenvalue weighted by molar-refractivity contribution is 9.10. The van der Waals surface area contributed by atoms with Crippen LogP contribution in [-0.4, -0.2) is 19.8 Å². The lowest BCUT2D eigenvalue weighted by atomic mass is 9.96. The predicted molar refractivity (Wildman–Crippen MR) is 69.7 cm³/mol. The van der Waals surface area contributed by atoms with E-state index in [1.165, 1.54) is 18.4 Å². The van der Waals surface area contributed by atoms with Crippen molar-refractivity contribution in [1.29, 1.82) is 0 Å². The molecule has 0 unspecified atom stereocenters. The Labute approximate surface area is 109 Å². The zero-order valence-corrected chi connectivity index (χ0v) is 11.3. The molecule has 1 aliphatic carbocycles. The average molecular weight is 298 g/mol. The van der Waals surface area contributed by atoms with E-state index in [-0.39, 0.29) is 5.41 Å². The molecule has 1 heterocycles. The lowest BCUT2D eigenvalue weighted by Gasteiger charge is -2.18. The largest absolute Gasteiger partial charge is 0.490 e. The van der Waals surface area contributed by atoms with Gasteiger partial charge in [0.25, 0.3) is 0 Å². The minimum absolute atomic E-state index is 0.170. The van der Waals surface area contributed by atoms with E-state index in [9.17, 15) is 0 Å². The second-order valence-electron chi connectivity index (χ2n) is 4.79. The van der Waals surface area contributed by atoms with Gasteiger partial charge in [-0.1, -0.05) is 6.07 Å². The van der Waals surface area contributed by atoms with Crippen LogP contribution in [0.1, 0.15) is 24.8 Å². The van der Waals surface area contributed by atoms with E-state index in [0.717, 1.165) is 29.0 Å². The van der Waals surface area contributed by atoms with Crippen LogP contribution >= 0.6 is 15.9 Å². The number of rotatable bonds is 2. The van der Waals surface area contributed by atoms with E-state index >= 15 is 0 Å². The summed E-state index contributed by atoms with van der Waals surface area (Å²) in [7, 11) is 0. The van der Waals surface area contributed by atoms with E-state index < -0.39 is 0 Å². The highest BCUT2D eigenvalue weighted by atomic mass is 79.9. The topological polar surface area (TPSA) is 44.5 Å². The third kappa shape index (κ3) is 1.83. The van der Waals surface area contributed by atoms with Gasteiger partial charge in [-0.25, -0.2) is 0 Å². The normalized spacial score (nSPS) is 20.8. The summed E-state index contributed by atoms with van der Waals surface area (Å²) in [6.07, 6.45) is 3.27. The first kappa shape index (κ1) is 11.4. The molecule has 1 fully saturated rings. The van der Waals surface area contributed by atoms with Gasteiger partial charge in [0.05, 0.1) is 17.7 Å². The summed E-state index contributed by atoms with van der Waals surface area (Å²) in [5, 5.41) is 0. The molecule has 0 spiro atoms. The van der Waals surface area contributed by atoms with E-state index in [0.29, 0.717) is 13.2 Å². The highest BCUT2D eigenvalue weighted by Crippen LogP contribution is 2.53. The Balaban J connectivity index is 2.05. The van der Waals surface area contributed by atoms with Gasteiger partial charge in [0.15, 0.2) is 11.5 Å². The van der Waals surface area contributed by atoms with Gasteiger partial charge < -0.3 is 15.2 Å². The number of benzene rings is 1. The van der Waals surface area contributed by atoms with E-state index in [4.69, 9.17) is 15.2 Å². The number of nitrogens with two attached hydrogens (primary N) is 1. The molecule has 0 bridgehead atoms. The number of fused-ring (bicyclic) bond motifs is 1. The van der Waals surface area contributed by atoms with E-state index in [1.807, 2.05) is 6.07 Å². The number of hydrogen-bond donors (Lipinski definition) is 1. The number of ether oxygens (including phenoxy) is 2. The van der Waals surface area contributed by atoms with Gasteiger partial charge in [0.2, 0.25) is 0 Å². The number of hydrogen-bond acceptors (Lipinski definition) is 3. The molecule has 4 heteroatoms. The van der Waals surface area contributed by atoms with E-state index in [1.54, 1.807) is 0 Å². The third-order valence-corrected chi connectivity index (χ3v) is 4.46. The Morgan fingerprint density at radius 3 is 2.71 bits per heavy atom. The van der Waals surface area contributed by atoms with Crippen molar-refractivity contribution in [2.75, 3.05) is 19.8 Å². The van der Waals surface area contributed by atoms with Crippen LogP contribution in [0.5, 0.6) is 11.5 Å². The fourth-order valence-corrected chi connectivity index (χ4v) is 3.21. The minimum Gasteiger partial charge on any atom is -0.490 e. The highest BCUT2D eigenvalue weighted by Gasteiger charge is 2.45. The van der Waals surface area contributed by atoms with Crippen molar-refractivity contribution in [2.24, 2.45) is 5.73 Å². The van der Waals surface area contributed by atoms with Crippen LogP contribution in [0, 0.1) is 0 Å². The molecule has 0 saturated heterocycles. The van der Waals surface area contributed by atoms with Crippen molar-refractivity contribution in [3.8, 4) is 11.5 Å². The Morgan fingerprint density at radius 2 is 2.00 bits per heavy atom. The second kappa shape index (κ2) is 4.18. The van der Waals surface area contributed by atoms with Crippen LogP contribution in [0.2, 0.25) is 0 Å². The van der Waals surface area contributed by atoms with Crippen molar-refractivity contribution in [3.05, 3.63) is 22.2 Å². The summed E-state index contributed by atoms with van der Waals surface area (Å²) in [4.78, 5) is 0. The lowest BCUT2D eigenvalue weighted by Crippen LogP contribution is -2.20. The van der Waals surface area contributed by atoms with Gasteiger partial charge in [-0.05, 0) is 40.4 Å². The van der Waals surface area contributed by atoms with Crippen LogP contribution in [-0.2, 0) is 5.41 Å². The standard InChI is InChI=1S/C13H16BrNO2/c14-11-9(13(8-15)4-5-13)2-3-10-12(11)17-7-1-6-16-10/h2-3H,1,4-8,15H2. The van der Waals surface area contributed by atoms with Crippen molar-refractivity contribution in [1.82, 2.24) is 0 Å². The summed E-state index contributed by atoms with van der Waals surface area (Å²) in [5.41, 5.74) is 7.32. The zero-order valence-electron chi connectivity index (χ0n) is 9.67. The van der Waals surface area contributed by atoms with Gasteiger partial charge in [-0.15, -0.1) is 0 Å². The number of halogens is 1. The first-order chi connectivity index (χ1) is 8.27. The van der Waals surface area contributed by atoms with Crippen molar-refractivity contribution < 1.29 is 9.47 Å². The maximum atomic E-state index is 5.88. The van der Waals surface area contributed by atoms with Gasteiger partial charge >= 0.3 is 0 Å². The molecular weight excluding hydrogens is 282 g/mol. The Morgan fingerprint density at radius 1 is 1.24 bits per heavy atom.